The van der Waals surface area contributed by atoms with Gasteiger partial charge in [0.2, 0.25) is 5.82 Å². The molecule has 0 aliphatic rings. The number of nitrogens with zero attached hydrogens (tertiary/aromatic N) is 5. The summed E-state index contributed by atoms with van der Waals surface area (Å²) >= 11 is 1.56. The number of aryl methyl sites for hydroxylation is 1. The van der Waals surface area contributed by atoms with Gasteiger partial charge in [-0.15, -0.1) is 21.5 Å². The van der Waals surface area contributed by atoms with Crippen molar-refractivity contribution >= 4 is 11.3 Å². The van der Waals surface area contributed by atoms with Gasteiger partial charge in [0.25, 0.3) is 0 Å². The van der Waals surface area contributed by atoms with Crippen LogP contribution < -0.4 is 9.47 Å². The fraction of sp³-hybridized carbons (Fsp3) is 0.200. The molecule has 0 aliphatic heterocycles. The number of ether oxygens (including phenoxy) is 2. The molecule has 0 saturated heterocycles. The molecular formula is C20H19N5O2S. The van der Waals surface area contributed by atoms with Gasteiger partial charge < -0.3 is 9.47 Å². The maximum Gasteiger partial charge on any atom is 0.204 e. The average Bonchev–Trinajstić information content (AvgIpc) is 3.38. The van der Waals surface area contributed by atoms with E-state index in [1.54, 1.807) is 30.4 Å². The standard InChI is InChI=1S/C20H19N5O2S/c1-13-4-6-14(7-5-13)19-22-24-25(23-19)11-16-12-28-20(21-16)15-8-9-17(26-2)18(10-15)27-3/h4-10,12H,11H2,1-3H3. The maximum atomic E-state index is 5.37. The number of aromatic nitrogens is 5. The van der Waals surface area contributed by atoms with Gasteiger partial charge in [0.1, 0.15) is 11.6 Å². The minimum Gasteiger partial charge on any atom is -0.493 e. The summed E-state index contributed by atoms with van der Waals surface area (Å²) < 4.78 is 10.7. The Bertz CT molecular complexity index is 1090. The van der Waals surface area contributed by atoms with E-state index >= 15 is 0 Å². The van der Waals surface area contributed by atoms with E-state index in [9.17, 15) is 0 Å². The van der Waals surface area contributed by atoms with Crippen molar-refractivity contribution in [2.45, 2.75) is 13.5 Å². The van der Waals surface area contributed by atoms with Crippen LogP contribution in [0, 0.1) is 6.92 Å². The van der Waals surface area contributed by atoms with Crippen molar-refractivity contribution in [3.05, 3.63) is 59.1 Å². The van der Waals surface area contributed by atoms with Crippen molar-refractivity contribution in [3.8, 4) is 33.5 Å². The Morgan fingerprint density at radius 2 is 1.71 bits per heavy atom. The van der Waals surface area contributed by atoms with Crippen molar-refractivity contribution in [2.24, 2.45) is 0 Å². The summed E-state index contributed by atoms with van der Waals surface area (Å²) in [6.07, 6.45) is 0. The average molecular weight is 393 g/mol. The molecule has 8 heteroatoms. The number of tetrazole rings is 1. The predicted molar refractivity (Wildman–Crippen MR) is 108 cm³/mol. The number of rotatable bonds is 6. The Kier molecular flexibility index (Phi) is 5.03. The molecular weight excluding hydrogens is 374 g/mol. The maximum absolute atomic E-state index is 5.37. The fourth-order valence-electron chi connectivity index (χ4n) is 2.75. The van der Waals surface area contributed by atoms with E-state index in [0.717, 1.165) is 21.8 Å². The first kappa shape index (κ1) is 18.1. The molecule has 0 bridgehead atoms. The Labute approximate surface area is 166 Å². The third-order valence-corrected chi connectivity index (χ3v) is 5.19. The summed E-state index contributed by atoms with van der Waals surface area (Å²) in [5, 5.41) is 15.7. The number of thiazole rings is 1. The molecule has 0 N–H and O–H groups in total. The van der Waals surface area contributed by atoms with Crippen LogP contribution in [0.15, 0.2) is 47.8 Å². The molecule has 28 heavy (non-hydrogen) atoms. The van der Waals surface area contributed by atoms with E-state index in [1.165, 1.54) is 5.56 Å². The van der Waals surface area contributed by atoms with Crippen molar-refractivity contribution in [1.29, 1.82) is 0 Å². The van der Waals surface area contributed by atoms with E-state index in [2.05, 4.69) is 15.4 Å². The van der Waals surface area contributed by atoms with Crippen LogP contribution in [-0.4, -0.2) is 39.4 Å². The lowest BCUT2D eigenvalue weighted by Crippen LogP contribution is -2.04. The molecule has 0 spiro atoms. The van der Waals surface area contributed by atoms with Crippen LogP contribution in [0.25, 0.3) is 22.0 Å². The van der Waals surface area contributed by atoms with Crippen LogP contribution >= 0.6 is 11.3 Å². The molecule has 2 aromatic carbocycles. The Hall–Kier alpha value is -3.26. The zero-order valence-electron chi connectivity index (χ0n) is 15.8. The number of methoxy groups -OCH3 is 2. The summed E-state index contributed by atoms with van der Waals surface area (Å²) in [5.41, 5.74) is 3.99. The normalized spacial score (nSPS) is 10.8. The molecule has 0 atom stereocenters. The topological polar surface area (TPSA) is 75.0 Å². The molecule has 2 aromatic heterocycles. The predicted octanol–water partition coefficient (Wildman–Crippen LogP) is 3.84. The molecule has 4 rings (SSSR count). The van der Waals surface area contributed by atoms with Crippen LogP contribution in [0.4, 0.5) is 0 Å². The third-order valence-electron chi connectivity index (χ3n) is 4.25. The first-order valence-electron chi connectivity index (χ1n) is 8.68. The first-order valence-corrected chi connectivity index (χ1v) is 9.56. The molecule has 0 radical (unpaired) electrons. The van der Waals surface area contributed by atoms with Gasteiger partial charge in [0.15, 0.2) is 11.5 Å². The minimum absolute atomic E-state index is 0.461. The highest BCUT2D eigenvalue weighted by Gasteiger charge is 2.11. The Morgan fingerprint density at radius 1 is 0.964 bits per heavy atom. The molecule has 0 unspecified atom stereocenters. The largest absolute Gasteiger partial charge is 0.493 e. The van der Waals surface area contributed by atoms with Crippen molar-refractivity contribution in [2.75, 3.05) is 14.2 Å². The summed E-state index contributed by atoms with van der Waals surface area (Å²) in [5.74, 6) is 1.98. The second-order valence-corrected chi connectivity index (χ2v) is 7.08. The highest BCUT2D eigenvalue weighted by molar-refractivity contribution is 7.13. The molecule has 0 saturated carbocycles. The second kappa shape index (κ2) is 7.77. The van der Waals surface area contributed by atoms with E-state index < -0.39 is 0 Å². The van der Waals surface area contributed by atoms with Crippen molar-refractivity contribution < 1.29 is 9.47 Å². The lowest BCUT2D eigenvalue weighted by molar-refractivity contribution is 0.355. The lowest BCUT2D eigenvalue weighted by Gasteiger charge is -2.08. The van der Waals surface area contributed by atoms with E-state index in [1.807, 2.05) is 54.8 Å². The zero-order valence-corrected chi connectivity index (χ0v) is 16.6. The van der Waals surface area contributed by atoms with Crippen LogP contribution in [0.5, 0.6) is 11.5 Å². The highest BCUT2D eigenvalue weighted by atomic mass is 32.1. The van der Waals surface area contributed by atoms with Crippen molar-refractivity contribution in [3.63, 3.8) is 0 Å². The summed E-state index contributed by atoms with van der Waals surface area (Å²) in [6, 6.07) is 13.8. The lowest BCUT2D eigenvalue weighted by atomic mass is 10.1. The molecule has 7 nitrogen and oxygen atoms in total. The number of benzene rings is 2. The molecule has 4 aromatic rings. The van der Waals surface area contributed by atoms with Gasteiger partial charge in [-0.3, -0.25) is 0 Å². The van der Waals surface area contributed by atoms with Gasteiger partial charge in [-0.2, -0.15) is 4.80 Å². The molecule has 2 heterocycles. The summed E-state index contributed by atoms with van der Waals surface area (Å²) in [7, 11) is 3.24. The van der Waals surface area contributed by atoms with Crippen molar-refractivity contribution in [1.82, 2.24) is 25.2 Å². The van der Waals surface area contributed by atoms with Gasteiger partial charge in [-0.05, 0) is 30.3 Å². The van der Waals surface area contributed by atoms with Crippen LogP contribution in [0.1, 0.15) is 11.3 Å². The van der Waals surface area contributed by atoms with Crippen LogP contribution in [0.2, 0.25) is 0 Å². The second-order valence-electron chi connectivity index (χ2n) is 6.22. The third kappa shape index (κ3) is 3.72. The number of hydrogen-bond acceptors (Lipinski definition) is 7. The molecule has 142 valence electrons. The van der Waals surface area contributed by atoms with Gasteiger partial charge in [0, 0.05) is 16.5 Å². The summed E-state index contributed by atoms with van der Waals surface area (Å²) in [6.45, 7) is 2.51. The fourth-order valence-corrected chi connectivity index (χ4v) is 3.56. The molecule has 0 amide bonds. The molecule has 0 aliphatic carbocycles. The molecule has 0 fully saturated rings. The van der Waals surface area contributed by atoms with Gasteiger partial charge in [-0.25, -0.2) is 4.98 Å². The highest BCUT2D eigenvalue weighted by Crippen LogP contribution is 2.33. The van der Waals surface area contributed by atoms with Crippen LogP contribution in [-0.2, 0) is 6.54 Å². The van der Waals surface area contributed by atoms with E-state index in [0.29, 0.717) is 23.9 Å². The summed E-state index contributed by atoms with van der Waals surface area (Å²) in [4.78, 5) is 6.25. The zero-order chi connectivity index (χ0) is 19.5. The van der Waals surface area contributed by atoms with E-state index in [4.69, 9.17) is 14.5 Å². The van der Waals surface area contributed by atoms with Gasteiger partial charge >= 0.3 is 0 Å². The SMILES string of the molecule is COc1ccc(-c2nc(Cn3nnc(-c4ccc(C)cc4)n3)cs2)cc1OC. The first-order chi connectivity index (χ1) is 13.7. The monoisotopic (exact) mass is 393 g/mol. The quantitative estimate of drug-likeness (QED) is 0.495. The van der Waals surface area contributed by atoms with Gasteiger partial charge in [-0.1, -0.05) is 29.8 Å². The van der Waals surface area contributed by atoms with Gasteiger partial charge in [0.05, 0.1) is 19.9 Å². The number of hydrogen-bond donors (Lipinski definition) is 0. The Morgan fingerprint density at radius 3 is 2.46 bits per heavy atom. The van der Waals surface area contributed by atoms with E-state index in [-0.39, 0.29) is 0 Å². The Balaban J connectivity index is 1.52. The van der Waals surface area contributed by atoms with Crippen LogP contribution in [0.3, 0.4) is 0 Å². The minimum atomic E-state index is 0.461. The smallest absolute Gasteiger partial charge is 0.204 e.